The zero-order chi connectivity index (χ0) is 21.2. The largest absolute Gasteiger partial charge is 0.352 e. The number of hydrogen-bond acceptors (Lipinski definition) is 4. The number of aryl methyl sites for hydroxylation is 1. The normalized spacial score (nSPS) is 10.9. The smallest absolute Gasteiger partial charge is 0.252 e. The first-order chi connectivity index (χ1) is 14.7. The topological polar surface area (TPSA) is 54.0 Å². The van der Waals surface area contributed by atoms with Crippen molar-refractivity contribution in [1.29, 1.82) is 0 Å². The number of carbonyl (C=O) groups excluding carboxylic acids is 1. The van der Waals surface area contributed by atoms with E-state index < -0.39 is 0 Å². The molecular weight excluding hydrogens is 390 g/mol. The van der Waals surface area contributed by atoms with Gasteiger partial charge in [0, 0.05) is 17.6 Å². The van der Waals surface area contributed by atoms with Crippen LogP contribution in [0, 0.1) is 0 Å². The maximum Gasteiger partial charge on any atom is 0.252 e. The summed E-state index contributed by atoms with van der Waals surface area (Å²) in [6.45, 7) is 5.04. The van der Waals surface area contributed by atoms with E-state index in [1.165, 1.54) is 24.2 Å². The number of aromatic nitrogens is 1. The highest BCUT2D eigenvalue weighted by molar-refractivity contribution is 7.99. The van der Waals surface area contributed by atoms with Gasteiger partial charge in [-0.25, -0.2) is 4.98 Å². The molecule has 0 atom stereocenters. The van der Waals surface area contributed by atoms with Gasteiger partial charge < -0.3 is 10.6 Å². The number of rotatable bonds is 11. The molecule has 4 nitrogen and oxygen atoms in total. The average Bonchev–Trinajstić information content (AvgIpc) is 2.78. The molecule has 5 heteroatoms. The number of nitrogens with one attached hydrogen (secondary N) is 2. The average molecular weight is 422 g/mol. The van der Waals surface area contributed by atoms with Gasteiger partial charge in [0.05, 0.1) is 11.1 Å². The van der Waals surface area contributed by atoms with Gasteiger partial charge in [-0.15, -0.1) is 0 Å². The quantitative estimate of drug-likeness (QED) is 0.362. The third kappa shape index (κ3) is 5.99. The minimum Gasteiger partial charge on any atom is -0.352 e. The molecule has 0 aliphatic rings. The lowest BCUT2D eigenvalue weighted by molar-refractivity contribution is 0.0955. The summed E-state index contributed by atoms with van der Waals surface area (Å²) in [5.41, 5.74) is 3.73. The summed E-state index contributed by atoms with van der Waals surface area (Å²) in [5.74, 6) is 2.93. The van der Waals surface area contributed by atoms with Crippen molar-refractivity contribution in [2.45, 2.75) is 39.5 Å². The van der Waals surface area contributed by atoms with Crippen LogP contribution in [0.25, 0.3) is 10.9 Å². The van der Waals surface area contributed by atoms with Gasteiger partial charge in [0.1, 0.15) is 5.82 Å². The molecule has 0 saturated heterocycles. The minimum atomic E-state index is -0.0426. The number of pyridine rings is 1. The predicted octanol–water partition coefficient (Wildman–Crippen LogP) is 6.19. The Morgan fingerprint density at radius 2 is 1.77 bits per heavy atom. The number of fused-ring (bicyclic) bond motifs is 1. The fourth-order valence-electron chi connectivity index (χ4n) is 3.34. The number of thioether (sulfide) groups is 1. The van der Waals surface area contributed by atoms with Crippen molar-refractivity contribution in [2.75, 3.05) is 23.4 Å². The van der Waals surface area contributed by atoms with Crippen molar-refractivity contribution < 1.29 is 4.79 Å². The van der Waals surface area contributed by atoms with Crippen LogP contribution < -0.4 is 10.6 Å². The Hall–Kier alpha value is -2.53. The standard InChI is InChI=1S/C25H31N3OS/c1-3-5-16-30-17-10-15-26-25(29)21-18-24(28-23-14-9-7-12-20(21)23)27-22-13-8-6-11-19(22)4-2/h6-9,11-14,18H,3-5,10,15-17H2,1-2H3,(H,26,29)(H,27,28). The van der Waals surface area contributed by atoms with Gasteiger partial charge in [-0.2, -0.15) is 11.8 Å². The molecule has 3 aromatic rings. The monoisotopic (exact) mass is 421 g/mol. The summed E-state index contributed by atoms with van der Waals surface area (Å²) >= 11 is 1.96. The van der Waals surface area contributed by atoms with Crippen LogP contribution in [0.1, 0.15) is 49.0 Å². The summed E-state index contributed by atoms with van der Waals surface area (Å²) in [5, 5.41) is 7.38. The third-order valence-electron chi connectivity index (χ3n) is 5.02. The number of amides is 1. The van der Waals surface area contributed by atoms with Crippen LogP contribution in [0.2, 0.25) is 0 Å². The van der Waals surface area contributed by atoms with E-state index in [1.807, 2.05) is 60.3 Å². The zero-order valence-corrected chi connectivity index (χ0v) is 18.7. The molecule has 2 N–H and O–H groups in total. The summed E-state index contributed by atoms with van der Waals surface area (Å²) in [4.78, 5) is 17.7. The van der Waals surface area contributed by atoms with Crippen LogP contribution >= 0.6 is 11.8 Å². The van der Waals surface area contributed by atoms with E-state index in [0.717, 1.165) is 35.2 Å². The van der Waals surface area contributed by atoms with E-state index in [-0.39, 0.29) is 5.91 Å². The fourth-order valence-corrected chi connectivity index (χ4v) is 4.38. The summed E-state index contributed by atoms with van der Waals surface area (Å²) < 4.78 is 0. The number of hydrogen-bond donors (Lipinski definition) is 2. The molecular formula is C25H31N3OS. The van der Waals surface area contributed by atoms with Crippen molar-refractivity contribution in [3.05, 3.63) is 65.7 Å². The first-order valence-corrected chi connectivity index (χ1v) is 12.0. The Balaban J connectivity index is 1.74. The molecule has 0 aliphatic carbocycles. The Bertz CT molecular complexity index is 974. The zero-order valence-electron chi connectivity index (χ0n) is 17.9. The van der Waals surface area contributed by atoms with Gasteiger partial charge in [-0.05, 0) is 54.5 Å². The lowest BCUT2D eigenvalue weighted by Gasteiger charge is -2.13. The number of anilines is 2. The Morgan fingerprint density at radius 3 is 2.60 bits per heavy atom. The minimum absolute atomic E-state index is 0.0426. The molecule has 30 heavy (non-hydrogen) atoms. The van der Waals surface area contributed by atoms with Crippen molar-refractivity contribution >= 4 is 40.1 Å². The third-order valence-corrected chi connectivity index (χ3v) is 6.17. The highest BCUT2D eigenvalue weighted by atomic mass is 32.2. The van der Waals surface area contributed by atoms with Gasteiger partial charge in [0.2, 0.25) is 0 Å². The van der Waals surface area contributed by atoms with E-state index in [2.05, 4.69) is 30.5 Å². The molecule has 0 radical (unpaired) electrons. The lowest BCUT2D eigenvalue weighted by Crippen LogP contribution is -2.25. The molecule has 0 fully saturated rings. The summed E-state index contributed by atoms with van der Waals surface area (Å²) in [7, 11) is 0. The number of nitrogens with zero attached hydrogens (tertiary/aromatic N) is 1. The molecule has 1 aromatic heterocycles. The maximum absolute atomic E-state index is 12.9. The van der Waals surface area contributed by atoms with E-state index in [4.69, 9.17) is 4.98 Å². The van der Waals surface area contributed by atoms with Crippen LogP contribution in [0.5, 0.6) is 0 Å². The van der Waals surface area contributed by atoms with Crippen LogP contribution in [-0.2, 0) is 6.42 Å². The molecule has 158 valence electrons. The van der Waals surface area contributed by atoms with E-state index >= 15 is 0 Å². The number of benzene rings is 2. The Kier molecular flexibility index (Phi) is 8.57. The van der Waals surface area contributed by atoms with Gasteiger partial charge in [0.25, 0.3) is 5.91 Å². The number of carbonyl (C=O) groups is 1. The van der Waals surface area contributed by atoms with Crippen LogP contribution in [-0.4, -0.2) is 28.9 Å². The highest BCUT2D eigenvalue weighted by Crippen LogP contribution is 2.25. The second kappa shape index (κ2) is 11.6. The van der Waals surface area contributed by atoms with Crippen LogP contribution in [0.4, 0.5) is 11.5 Å². The van der Waals surface area contributed by atoms with Crippen LogP contribution in [0.3, 0.4) is 0 Å². The van der Waals surface area contributed by atoms with Crippen molar-refractivity contribution in [3.8, 4) is 0 Å². The second-order valence-corrected chi connectivity index (χ2v) is 8.51. The predicted molar refractivity (Wildman–Crippen MR) is 130 cm³/mol. The van der Waals surface area contributed by atoms with E-state index in [0.29, 0.717) is 17.9 Å². The van der Waals surface area contributed by atoms with Crippen LogP contribution in [0.15, 0.2) is 54.6 Å². The summed E-state index contributed by atoms with van der Waals surface area (Å²) in [6, 6.07) is 17.9. The molecule has 0 bridgehead atoms. The van der Waals surface area contributed by atoms with E-state index in [1.54, 1.807) is 0 Å². The lowest BCUT2D eigenvalue weighted by atomic mass is 10.1. The molecule has 2 aromatic carbocycles. The molecule has 0 aliphatic heterocycles. The highest BCUT2D eigenvalue weighted by Gasteiger charge is 2.13. The number of para-hydroxylation sites is 2. The molecule has 0 spiro atoms. The van der Waals surface area contributed by atoms with Gasteiger partial charge in [0.15, 0.2) is 0 Å². The Morgan fingerprint density at radius 1 is 1.00 bits per heavy atom. The van der Waals surface area contributed by atoms with Gasteiger partial charge in [-0.3, -0.25) is 4.79 Å². The molecule has 1 heterocycles. The molecule has 0 unspecified atom stereocenters. The van der Waals surface area contributed by atoms with Crippen molar-refractivity contribution in [3.63, 3.8) is 0 Å². The van der Waals surface area contributed by atoms with Gasteiger partial charge >= 0.3 is 0 Å². The molecule has 3 rings (SSSR count). The fraction of sp³-hybridized carbons (Fsp3) is 0.360. The van der Waals surface area contributed by atoms with Crippen molar-refractivity contribution in [1.82, 2.24) is 10.3 Å². The Labute approximate surface area is 183 Å². The van der Waals surface area contributed by atoms with E-state index in [9.17, 15) is 4.79 Å². The molecule has 0 saturated carbocycles. The van der Waals surface area contributed by atoms with Gasteiger partial charge in [-0.1, -0.05) is 56.7 Å². The SMILES string of the molecule is CCCCSCCCNC(=O)c1cc(Nc2ccccc2CC)nc2ccccc12. The maximum atomic E-state index is 12.9. The summed E-state index contributed by atoms with van der Waals surface area (Å²) in [6.07, 6.45) is 4.41. The van der Waals surface area contributed by atoms with Crippen molar-refractivity contribution in [2.24, 2.45) is 0 Å². The first kappa shape index (κ1) is 22.2. The second-order valence-electron chi connectivity index (χ2n) is 7.28. The number of unbranched alkanes of at least 4 members (excludes halogenated alkanes) is 1. The molecule has 1 amide bonds. The first-order valence-electron chi connectivity index (χ1n) is 10.8.